The molecule has 0 fully saturated rings. The molecule has 0 radical (unpaired) electrons. The molecule has 108 valence electrons. The minimum absolute atomic E-state index is 0. The molecule has 0 aliphatic carbocycles. The predicted octanol–water partition coefficient (Wildman–Crippen LogP) is -1.87. The summed E-state index contributed by atoms with van der Waals surface area (Å²) in [6.45, 7) is 2.18. The van der Waals surface area contributed by atoms with Crippen LogP contribution < -0.4 is 0 Å². The topological polar surface area (TPSA) is 127 Å². The molecule has 0 amide bonds. The Hall–Kier alpha value is 0.459. The van der Waals surface area contributed by atoms with Crippen molar-refractivity contribution in [3.05, 3.63) is 12.2 Å². The Balaban J connectivity index is -0.0000000963. The van der Waals surface area contributed by atoms with Crippen molar-refractivity contribution in [2.75, 3.05) is 0 Å². The number of aliphatic hydroxyl groups excluding tert-OH is 2. The van der Waals surface area contributed by atoms with Crippen molar-refractivity contribution in [3.63, 3.8) is 0 Å². The molecular weight excluding hydrogens is 328 g/mol. The summed E-state index contributed by atoms with van der Waals surface area (Å²) in [6, 6.07) is 0. The van der Waals surface area contributed by atoms with Crippen LogP contribution in [0.25, 0.3) is 0 Å². The predicted molar refractivity (Wildman–Crippen MR) is 70.7 cm³/mol. The van der Waals surface area contributed by atoms with Gasteiger partial charge in [0.15, 0.2) is 0 Å². The van der Waals surface area contributed by atoms with Crippen molar-refractivity contribution in [2.24, 2.45) is 0 Å². The molecule has 0 aliphatic rings. The van der Waals surface area contributed by atoms with Gasteiger partial charge in [0.25, 0.3) is 0 Å². The van der Waals surface area contributed by atoms with E-state index in [9.17, 15) is 19.2 Å². The smallest absolute Gasteiger partial charge is 1.00 e. The second kappa shape index (κ2) is 13.1. The molecule has 8 nitrogen and oxygen atoms in total. The Labute approximate surface area is 180 Å². The number of ether oxygens (including phenoxy) is 2. The number of hydrogen-bond donors (Lipinski definition) is 2. The summed E-state index contributed by atoms with van der Waals surface area (Å²) in [6.07, 6.45) is -1.88. The minimum atomic E-state index is -1.48. The van der Waals surface area contributed by atoms with Crippen molar-refractivity contribution >= 4 is 99.4 Å². The molecule has 10 heteroatoms. The molecular formula is C10H16Ca2O8. The third-order valence-corrected chi connectivity index (χ3v) is 1.44. The number of aliphatic hydroxyl groups is 2. The quantitative estimate of drug-likeness (QED) is 0.263. The Morgan fingerprint density at radius 1 is 0.850 bits per heavy atom. The van der Waals surface area contributed by atoms with Gasteiger partial charge in [-0.2, -0.15) is 0 Å². The second-order valence-electron chi connectivity index (χ2n) is 3.17. The summed E-state index contributed by atoms with van der Waals surface area (Å²) >= 11 is 0. The minimum Gasteiger partial charge on any atom is -1.00 e. The van der Waals surface area contributed by atoms with E-state index in [1.165, 1.54) is 0 Å². The fourth-order valence-electron chi connectivity index (χ4n) is 0.573. The van der Waals surface area contributed by atoms with Crippen LogP contribution in [0.1, 0.15) is 19.6 Å². The summed E-state index contributed by atoms with van der Waals surface area (Å²) < 4.78 is 8.12. The zero-order valence-corrected chi connectivity index (χ0v) is 15.5. The molecule has 0 bridgehead atoms. The van der Waals surface area contributed by atoms with Gasteiger partial charge < -0.3 is 25.4 Å². The second-order valence-corrected chi connectivity index (χ2v) is 3.17. The van der Waals surface area contributed by atoms with Crippen molar-refractivity contribution < 1.29 is 44.6 Å². The Bertz CT molecular complexity index is 368. The molecule has 0 saturated heterocycles. The van der Waals surface area contributed by atoms with Crippen LogP contribution in [-0.4, -0.2) is 122 Å². The van der Waals surface area contributed by atoms with Crippen molar-refractivity contribution in [3.8, 4) is 0 Å². The molecule has 0 rings (SSSR count). The number of carbonyl (C=O) groups is 4. The molecule has 20 heavy (non-hydrogen) atoms. The average Bonchev–Trinajstić information content (AvgIpc) is 2.25. The van der Waals surface area contributed by atoms with E-state index in [1.54, 1.807) is 0 Å². The molecule has 0 aromatic carbocycles. The molecule has 0 heterocycles. The molecule has 0 aromatic heterocycles. The summed E-state index contributed by atoms with van der Waals surface area (Å²) in [5.74, 6) is -4.78. The fourth-order valence-corrected chi connectivity index (χ4v) is 0.573. The van der Waals surface area contributed by atoms with Crippen LogP contribution in [0.3, 0.4) is 0 Å². The summed E-state index contributed by atoms with van der Waals surface area (Å²) in [4.78, 5) is 43.3. The van der Waals surface area contributed by atoms with Gasteiger partial charge >= 0.3 is 99.4 Å². The normalized spacial score (nSPS) is 12.4. The number of esters is 4. The average molecular weight is 344 g/mol. The van der Waals surface area contributed by atoms with Gasteiger partial charge in [-0.25, -0.2) is 19.2 Å². The molecule has 2 atom stereocenters. The van der Waals surface area contributed by atoms with Gasteiger partial charge in [0.1, 0.15) is 12.2 Å². The number of rotatable bonds is 4. The Morgan fingerprint density at radius 3 is 1.30 bits per heavy atom. The van der Waals surface area contributed by atoms with Gasteiger partial charge in [0.05, 0.1) is 0 Å². The van der Waals surface area contributed by atoms with Crippen LogP contribution in [0.2, 0.25) is 0 Å². The SMILES string of the molecule is CC(O)C(=O)OC(=O)/C=C\C(=O)OC(=O)C(C)O.[Ca+2].[Ca+2].[H-].[H-].[H-].[H-]. The maximum absolute atomic E-state index is 10.9. The molecule has 0 aromatic rings. The Morgan fingerprint density at radius 2 is 1.10 bits per heavy atom. The van der Waals surface area contributed by atoms with E-state index >= 15 is 0 Å². The van der Waals surface area contributed by atoms with E-state index in [-0.39, 0.29) is 81.2 Å². The molecule has 2 unspecified atom stereocenters. The van der Waals surface area contributed by atoms with Gasteiger partial charge in [0, 0.05) is 12.2 Å². The first-order chi connectivity index (χ1) is 8.23. The number of hydrogen-bond acceptors (Lipinski definition) is 8. The van der Waals surface area contributed by atoms with E-state index in [0.29, 0.717) is 12.2 Å². The summed E-state index contributed by atoms with van der Waals surface area (Å²) in [5, 5.41) is 17.4. The zero-order chi connectivity index (χ0) is 14.3. The molecule has 0 saturated carbocycles. The number of carbonyl (C=O) groups excluding carboxylic acids is 4. The van der Waals surface area contributed by atoms with Gasteiger partial charge in [-0.3, -0.25) is 0 Å². The van der Waals surface area contributed by atoms with E-state index < -0.39 is 36.1 Å². The van der Waals surface area contributed by atoms with Crippen molar-refractivity contribution in [1.82, 2.24) is 0 Å². The standard InChI is InChI=1S/C10H12O8.2Ca.4H/c1-5(11)9(15)17-7(13)3-4-8(14)18-10(16)6(2)12;;;;;;/h3-6,11-12H,1-2H3;;;;;;/q;2*+2;4*-1/b4-3-;;;;;;. The monoisotopic (exact) mass is 344 g/mol. The van der Waals surface area contributed by atoms with Gasteiger partial charge in [-0.1, -0.05) is 0 Å². The van der Waals surface area contributed by atoms with Gasteiger partial charge in [0.2, 0.25) is 0 Å². The van der Waals surface area contributed by atoms with E-state index in [4.69, 9.17) is 10.2 Å². The maximum atomic E-state index is 10.9. The maximum Gasteiger partial charge on any atom is 2.00 e. The van der Waals surface area contributed by atoms with E-state index in [0.717, 1.165) is 13.8 Å². The van der Waals surface area contributed by atoms with Gasteiger partial charge in [-0.15, -0.1) is 0 Å². The van der Waals surface area contributed by atoms with Crippen LogP contribution in [0.15, 0.2) is 12.2 Å². The van der Waals surface area contributed by atoms with E-state index in [1.807, 2.05) is 0 Å². The van der Waals surface area contributed by atoms with E-state index in [2.05, 4.69) is 9.47 Å². The van der Waals surface area contributed by atoms with Crippen LogP contribution in [-0.2, 0) is 28.7 Å². The third kappa shape index (κ3) is 12.2. The fraction of sp³-hybridized carbons (Fsp3) is 0.400. The van der Waals surface area contributed by atoms with Gasteiger partial charge in [-0.05, 0) is 13.8 Å². The molecule has 0 spiro atoms. The first kappa shape index (κ1) is 25.4. The first-order valence-electron chi connectivity index (χ1n) is 4.79. The summed E-state index contributed by atoms with van der Waals surface area (Å²) in [5.41, 5.74) is 0. The summed E-state index contributed by atoms with van der Waals surface area (Å²) in [7, 11) is 0. The Kier molecular flexibility index (Phi) is 16.7. The van der Waals surface area contributed by atoms with Crippen LogP contribution in [0.4, 0.5) is 0 Å². The van der Waals surface area contributed by atoms with Crippen LogP contribution in [0.5, 0.6) is 0 Å². The first-order valence-corrected chi connectivity index (χ1v) is 4.79. The zero-order valence-electron chi connectivity index (χ0n) is 15.1. The molecule has 2 N–H and O–H groups in total. The molecule has 0 aliphatic heterocycles. The van der Waals surface area contributed by atoms with Crippen molar-refractivity contribution in [2.45, 2.75) is 26.1 Å². The van der Waals surface area contributed by atoms with Crippen LogP contribution in [0, 0.1) is 0 Å². The van der Waals surface area contributed by atoms with Crippen molar-refractivity contribution in [1.29, 1.82) is 0 Å². The third-order valence-electron chi connectivity index (χ3n) is 1.44. The largest absolute Gasteiger partial charge is 2.00 e. The van der Waals surface area contributed by atoms with Crippen LogP contribution >= 0.6 is 0 Å².